The second-order valence-corrected chi connectivity index (χ2v) is 12.7. The third-order valence-corrected chi connectivity index (χ3v) is 9.09. The predicted molar refractivity (Wildman–Crippen MR) is 189 cm³/mol. The molecule has 2 fully saturated rings. The van der Waals surface area contributed by atoms with Gasteiger partial charge in [-0.05, 0) is 80.2 Å². The van der Waals surface area contributed by atoms with Gasteiger partial charge < -0.3 is 35.1 Å². The van der Waals surface area contributed by atoms with Gasteiger partial charge in [-0.3, -0.25) is 4.79 Å². The lowest BCUT2D eigenvalue weighted by molar-refractivity contribution is -0.135. The molecule has 0 bridgehead atoms. The van der Waals surface area contributed by atoms with Gasteiger partial charge in [-0.15, -0.1) is 0 Å². The van der Waals surface area contributed by atoms with E-state index in [1.165, 1.54) is 7.11 Å². The van der Waals surface area contributed by atoms with Crippen LogP contribution >= 0.6 is 0 Å². The number of anilines is 2. The zero-order valence-corrected chi connectivity index (χ0v) is 28.3. The summed E-state index contributed by atoms with van der Waals surface area (Å²) in [4.78, 5) is 45.5. The first-order valence-corrected chi connectivity index (χ1v) is 16.8. The zero-order valence-electron chi connectivity index (χ0n) is 28.3. The molecular formula is C38H42N8O3. The fourth-order valence-electron chi connectivity index (χ4n) is 6.41. The average Bonchev–Trinajstić information content (AvgIpc) is 3.95. The molecule has 2 amide bonds. The van der Waals surface area contributed by atoms with E-state index in [-0.39, 0.29) is 23.9 Å². The molecule has 2 aliphatic heterocycles. The number of nitrogens with zero attached hydrogens (tertiary/aromatic N) is 4. The van der Waals surface area contributed by atoms with Crippen LogP contribution in [0.15, 0.2) is 60.9 Å². The molecule has 0 spiro atoms. The van der Waals surface area contributed by atoms with E-state index in [0.717, 1.165) is 71.9 Å². The van der Waals surface area contributed by atoms with Crippen molar-refractivity contribution in [2.45, 2.75) is 57.7 Å². The smallest absolute Gasteiger partial charge is 0.407 e. The van der Waals surface area contributed by atoms with Gasteiger partial charge in [0, 0.05) is 30.4 Å². The van der Waals surface area contributed by atoms with Crippen molar-refractivity contribution in [2.24, 2.45) is 5.92 Å². The minimum Gasteiger partial charge on any atom is -0.453 e. The molecular weight excluding hydrogens is 616 g/mol. The monoisotopic (exact) mass is 658 g/mol. The SMILES string of the molecule is COC(=O)N[C@H](C(=O)N1CCC[C@H]1c1ncc(-c2ccc(C#CC#Cc3cnc(C4CCCN4)[nH]3)c(N(C)c3ccccc3)c2)[nH]1)C(C)C. The van der Waals surface area contributed by atoms with Gasteiger partial charge in [-0.2, -0.15) is 0 Å². The van der Waals surface area contributed by atoms with Crippen molar-refractivity contribution in [1.82, 2.24) is 35.5 Å². The number of imidazole rings is 2. The number of alkyl carbamates (subject to hydrolysis) is 1. The van der Waals surface area contributed by atoms with Gasteiger partial charge >= 0.3 is 6.09 Å². The Bertz CT molecular complexity index is 1900. The summed E-state index contributed by atoms with van der Waals surface area (Å²) in [6.07, 6.45) is 6.78. The summed E-state index contributed by atoms with van der Waals surface area (Å²) in [6.45, 7) is 5.41. The van der Waals surface area contributed by atoms with Crippen LogP contribution in [0.2, 0.25) is 0 Å². The number of carbonyl (C=O) groups excluding carboxylic acids is 2. The summed E-state index contributed by atoms with van der Waals surface area (Å²) in [5, 5.41) is 6.15. The van der Waals surface area contributed by atoms with Crippen LogP contribution in [-0.4, -0.2) is 70.1 Å². The number of carbonyl (C=O) groups is 2. The molecule has 4 N–H and O–H groups in total. The first-order valence-electron chi connectivity index (χ1n) is 16.8. The van der Waals surface area contributed by atoms with Crippen molar-refractivity contribution < 1.29 is 14.3 Å². The highest BCUT2D eigenvalue weighted by molar-refractivity contribution is 5.86. The molecule has 0 saturated carbocycles. The Hall–Kier alpha value is -5.52. The number of aromatic nitrogens is 4. The normalized spacial score (nSPS) is 17.5. The number of methoxy groups -OCH3 is 1. The van der Waals surface area contributed by atoms with Crippen LogP contribution in [0.4, 0.5) is 16.2 Å². The van der Waals surface area contributed by atoms with Gasteiger partial charge in [0.05, 0.1) is 43.0 Å². The molecule has 49 heavy (non-hydrogen) atoms. The van der Waals surface area contributed by atoms with Gasteiger partial charge in [0.1, 0.15) is 23.4 Å². The number of rotatable bonds is 8. The third kappa shape index (κ3) is 7.64. The molecule has 6 rings (SSSR count). The number of likely N-dealkylation sites (tertiary alicyclic amines) is 1. The van der Waals surface area contributed by atoms with Crippen molar-refractivity contribution in [1.29, 1.82) is 0 Å². The number of ether oxygens (including phenoxy) is 1. The molecule has 3 atom stereocenters. The fourth-order valence-corrected chi connectivity index (χ4v) is 6.41. The molecule has 2 aromatic heterocycles. The van der Waals surface area contributed by atoms with Crippen LogP contribution in [0, 0.1) is 29.6 Å². The number of amides is 2. The maximum absolute atomic E-state index is 13.6. The Morgan fingerprint density at radius 1 is 1.00 bits per heavy atom. The van der Waals surface area contributed by atoms with E-state index in [1.54, 1.807) is 12.4 Å². The van der Waals surface area contributed by atoms with Crippen molar-refractivity contribution in [3.8, 4) is 34.9 Å². The quantitative estimate of drug-likeness (QED) is 0.186. The van der Waals surface area contributed by atoms with Crippen LogP contribution in [0.25, 0.3) is 11.3 Å². The van der Waals surface area contributed by atoms with Crippen molar-refractivity contribution >= 4 is 23.4 Å². The molecule has 0 aliphatic carbocycles. The Morgan fingerprint density at radius 3 is 2.55 bits per heavy atom. The Morgan fingerprint density at radius 2 is 1.80 bits per heavy atom. The van der Waals surface area contributed by atoms with E-state index >= 15 is 0 Å². The molecule has 11 nitrogen and oxygen atoms in total. The Labute approximate surface area is 287 Å². The lowest BCUT2D eigenvalue weighted by Gasteiger charge is -2.30. The van der Waals surface area contributed by atoms with Crippen molar-refractivity contribution in [2.75, 3.05) is 32.1 Å². The van der Waals surface area contributed by atoms with E-state index in [2.05, 4.69) is 72.4 Å². The van der Waals surface area contributed by atoms with Crippen molar-refractivity contribution in [3.63, 3.8) is 0 Å². The van der Waals surface area contributed by atoms with Crippen LogP contribution in [0.3, 0.4) is 0 Å². The molecule has 11 heteroatoms. The van der Waals surface area contributed by atoms with Gasteiger partial charge in [0.25, 0.3) is 0 Å². The van der Waals surface area contributed by atoms with Gasteiger partial charge in [0.15, 0.2) is 0 Å². The Kier molecular flexibility index (Phi) is 10.3. The second-order valence-electron chi connectivity index (χ2n) is 12.7. The molecule has 252 valence electrons. The maximum atomic E-state index is 13.6. The first-order chi connectivity index (χ1) is 23.8. The minimum absolute atomic E-state index is 0.106. The molecule has 4 aromatic rings. The number of hydrogen-bond acceptors (Lipinski definition) is 7. The summed E-state index contributed by atoms with van der Waals surface area (Å²) in [7, 11) is 3.31. The second kappa shape index (κ2) is 15.1. The van der Waals surface area contributed by atoms with Crippen LogP contribution in [0.5, 0.6) is 0 Å². The Balaban J connectivity index is 1.25. The molecule has 4 heterocycles. The topological polar surface area (TPSA) is 131 Å². The summed E-state index contributed by atoms with van der Waals surface area (Å²) in [5.74, 6) is 13.7. The summed E-state index contributed by atoms with van der Waals surface area (Å²) in [6, 6.07) is 15.6. The highest BCUT2D eigenvalue weighted by Gasteiger charge is 2.37. The fraction of sp³-hybridized carbons (Fsp3) is 0.368. The van der Waals surface area contributed by atoms with E-state index in [4.69, 9.17) is 9.72 Å². The van der Waals surface area contributed by atoms with Crippen LogP contribution < -0.4 is 15.5 Å². The molecule has 0 radical (unpaired) electrons. The maximum Gasteiger partial charge on any atom is 0.407 e. The number of para-hydroxylation sites is 1. The summed E-state index contributed by atoms with van der Waals surface area (Å²) >= 11 is 0. The number of nitrogens with one attached hydrogen (secondary N) is 4. The van der Waals surface area contributed by atoms with Crippen LogP contribution in [0.1, 0.15) is 74.5 Å². The van der Waals surface area contributed by atoms with E-state index in [0.29, 0.717) is 12.4 Å². The molecule has 2 aromatic carbocycles. The largest absolute Gasteiger partial charge is 0.453 e. The summed E-state index contributed by atoms with van der Waals surface area (Å²) in [5.41, 5.74) is 5.27. The molecule has 2 saturated heterocycles. The third-order valence-electron chi connectivity index (χ3n) is 9.09. The van der Waals surface area contributed by atoms with E-state index in [1.807, 2.05) is 56.1 Å². The average molecular weight is 659 g/mol. The van der Waals surface area contributed by atoms with Crippen molar-refractivity contribution in [3.05, 3.63) is 83.8 Å². The highest BCUT2D eigenvalue weighted by atomic mass is 16.5. The predicted octanol–water partition coefficient (Wildman–Crippen LogP) is 5.44. The van der Waals surface area contributed by atoms with E-state index in [9.17, 15) is 9.59 Å². The minimum atomic E-state index is -0.692. The highest BCUT2D eigenvalue weighted by Crippen LogP contribution is 2.35. The molecule has 2 aliphatic rings. The first kappa shape index (κ1) is 33.4. The standard InChI is InChI=1S/C38H42N8O3/c1-25(2)34(44-38(48)49-4)37(47)46-21-11-17-32(46)36-41-24-31(43-36)27-19-18-26(33(22-27)45(3)29-14-6-5-7-15-29)12-8-9-13-28-23-40-35(42-28)30-16-10-20-39-30/h5-7,14-15,18-19,22-25,30,32,34,39H,10-11,16-17,20-21H2,1-4H3,(H,40,42)(H,41,43)(H,44,48)/t30?,32-,34-/m0/s1. The lowest BCUT2D eigenvalue weighted by Crippen LogP contribution is -2.51. The summed E-state index contributed by atoms with van der Waals surface area (Å²) < 4.78 is 4.77. The van der Waals surface area contributed by atoms with Crippen LogP contribution in [-0.2, 0) is 9.53 Å². The number of aromatic amines is 2. The van der Waals surface area contributed by atoms with Gasteiger partial charge in [0.2, 0.25) is 5.91 Å². The number of H-pyrrole nitrogens is 2. The van der Waals surface area contributed by atoms with Gasteiger partial charge in [-0.1, -0.05) is 44.0 Å². The number of hydrogen-bond donors (Lipinski definition) is 4. The van der Waals surface area contributed by atoms with Gasteiger partial charge in [-0.25, -0.2) is 14.8 Å². The number of benzene rings is 2. The molecule has 1 unspecified atom stereocenters. The van der Waals surface area contributed by atoms with E-state index < -0.39 is 12.1 Å². The lowest BCUT2D eigenvalue weighted by atomic mass is 10.0. The zero-order chi connectivity index (χ0) is 34.3.